The highest BCUT2D eigenvalue weighted by atomic mass is 16.6. The van der Waals surface area contributed by atoms with E-state index in [2.05, 4.69) is 17.4 Å². The van der Waals surface area contributed by atoms with Crippen LogP contribution in [-0.2, 0) is 4.84 Å². The van der Waals surface area contributed by atoms with E-state index in [0.29, 0.717) is 12.4 Å². The Morgan fingerprint density at radius 2 is 2.13 bits per heavy atom. The third-order valence-electron chi connectivity index (χ3n) is 1.80. The Balaban J connectivity index is 4.96. The Morgan fingerprint density at radius 3 is 2.53 bits per heavy atom. The van der Waals surface area contributed by atoms with Gasteiger partial charge in [0.25, 0.3) is 0 Å². The quantitative estimate of drug-likeness (QED) is 0.304. The summed E-state index contributed by atoms with van der Waals surface area (Å²) in [6.07, 6.45) is 4.83. The van der Waals surface area contributed by atoms with Crippen LogP contribution in [-0.4, -0.2) is 19.5 Å². The zero-order valence-electron chi connectivity index (χ0n) is 10.0. The smallest absolute Gasteiger partial charge is 0.127 e. The van der Waals surface area contributed by atoms with Crippen LogP contribution in [0.2, 0.25) is 0 Å². The van der Waals surface area contributed by atoms with Gasteiger partial charge in [-0.05, 0) is 20.3 Å². The van der Waals surface area contributed by atoms with Gasteiger partial charge in [0.15, 0.2) is 0 Å². The molecule has 0 spiro atoms. The summed E-state index contributed by atoms with van der Waals surface area (Å²) in [5.74, 6) is 0.539. The van der Waals surface area contributed by atoms with Crippen molar-refractivity contribution in [2.24, 2.45) is 10.7 Å². The molecule has 0 aromatic heterocycles. The zero-order valence-corrected chi connectivity index (χ0v) is 10.0. The lowest BCUT2D eigenvalue weighted by molar-refractivity contribution is 0.120. The summed E-state index contributed by atoms with van der Waals surface area (Å²) < 4.78 is 0. The van der Waals surface area contributed by atoms with Gasteiger partial charge < -0.3 is 5.73 Å². The molecule has 0 aliphatic rings. The summed E-state index contributed by atoms with van der Waals surface area (Å²) in [7, 11) is 1.57. The summed E-state index contributed by atoms with van der Waals surface area (Å²) in [4.78, 5) is 9.07. The van der Waals surface area contributed by atoms with Crippen molar-refractivity contribution < 1.29 is 4.84 Å². The topological polar surface area (TPSA) is 59.6 Å². The summed E-state index contributed by atoms with van der Waals surface area (Å²) in [5, 5.41) is 0. The van der Waals surface area contributed by atoms with Crippen LogP contribution in [0, 0.1) is 0 Å². The van der Waals surface area contributed by atoms with Gasteiger partial charge >= 0.3 is 0 Å². The first-order valence-electron chi connectivity index (χ1n) is 5.17. The van der Waals surface area contributed by atoms with E-state index in [1.165, 1.54) is 0 Å². The van der Waals surface area contributed by atoms with Gasteiger partial charge in [-0.15, -0.1) is 0 Å². The van der Waals surface area contributed by atoms with Gasteiger partial charge in [0, 0.05) is 12.1 Å². The zero-order chi connectivity index (χ0) is 11.7. The molecule has 0 aromatic rings. The lowest BCUT2D eigenvalue weighted by Gasteiger charge is -2.12. The van der Waals surface area contributed by atoms with Crippen LogP contribution in [0.15, 0.2) is 28.4 Å². The molecule has 0 aromatic carbocycles. The van der Waals surface area contributed by atoms with E-state index in [1.54, 1.807) is 7.11 Å². The molecule has 0 amide bonds. The van der Waals surface area contributed by atoms with Crippen LogP contribution in [0.5, 0.6) is 0 Å². The van der Waals surface area contributed by atoms with E-state index in [-0.39, 0.29) is 0 Å². The van der Waals surface area contributed by atoms with Crippen LogP contribution >= 0.6 is 0 Å². The van der Waals surface area contributed by atoms with Crippen molar-refractivity contribution >= 4 is 5.84 Å². The molecule has 86 valence electrons. The number of hydroxylamine groups is 1. The van der Waals surface area contributed by atoms with Crippen LogP contribution < -0.4 is 11.2 Å². The number of hydrogen-bond acceptors (Lipinski definition) is 3. The number of nitrogens with one attached hydrogen (secondary N) is 1. The maximum Gasteiger partial charge on any atom is 0.127 e. The van der Waals surface area contributed by atoms with Gasteiger partial charge in [0.05, 0.1) is 12.8 Å². The summed E-state index contributed by atoms with van der Waals surface area (Å²) in [6, 6.07) is 0. The van der Waals surface area contributed by atoms with Crippen LogP contribution in [0.3, 0.4) is 0 Å². The van der Waals surface area contributed by atoms with Crippen molar-refractivity contribution in [1.29, 1.82) is 0 Å². The predicted octanol–water partition coefficient (Wildman–Crippen LogP) is 1.75. The SMILES string of the molecule is C/C=C(NOC)\C(=C/CC)C(N)=NCC. The number of nitrogens with two attached hydrogens (primary N) is 1. The number of aliphatic imine (C=N–C) groups is 1. The first-order chi connectivity index (χ1) is 7.21. The summed E-state index contributed by atoms with van der Waals surface area (Å²) in [6.45, 7) is 6.61. The molecule has 0 aliphatic heterocycles. The van der Waals surface area contributed by atoms with Crippen molar-refractivity contribution in [2.45, 2.75) is 27.2 Å². The fraction of sp³-hybridized carbons (Fsp3) is 0.545. The second-order valence-corrected chi connectivity index (χ2v) is 2.89. The molecule has 0 unspecified atom stereocenters. The predicted molar refractivity (Wildman–Crippen MR) is 64.4 cm³/mol. The minimum atomic E-state index is 0.539. The lowest BCUT2D eigenvalue weighted by atomic mass is 10.1. The molecular formula is C11H21N3O. The van der Waals surface area contributed by atoms with Crippen molar-refractivity contribution in [3.8, 4) is 0 Å². The molecule has 0 radical (unpaired) electrons. The van der Waals surface area contributed by atoms with Crippen molar-refractivity contribution in [2.75, 3.05) is 13.7 Å². The van der Waals surface area contributed by atoms with Gasteiger partial charge in [-0.25, -0.2) is 0 Å². The van der Waals surface area contributed by atoms with Crippen LogP contribution in [0.25, 0.3) is 0 Å². The first kappa shape index (κ1) is 13.7. The number of nitrogens with zero attached hydrogens (tertiary/aromatic N) is 1. The highest BCUT2D eigenvalue weighted by Crippen LogP contribution is 2.08. The number of hydrogen-bond donors (Lipinski definition) is 2. The van der Waals surface area contributed by atoms with Crippen LogP contribution in [0.1, 0.15) is 27.2 Å². The Bertz CT molecular complexity index is 267. The van der Waals surface area contributed by atoms with E-state index >= 15 is 0 Å². The Morgan fingerprint density at radius 1 is 1.47 bits per heavy atom. The van der Waals surface area contributed by atoms with E-state index in [0.717, 1.165) is 17.7 Å². The molecule has 15 heavy (non-hydrogen) atoms. The van der Waals surface area contributed by atoms with Gasteiger partial charge in [0.2, 0.25) is 0 Å². The molecule has 4 nitrogen and oxygen atoms in total. The molecule has 0 heterocycles. The van der Waals surface area contributed by atoms with E-state index in [9.17, 15) is 0 Å². The van der Waals surface area contributed by atoms with Crippen LogP contribution in [0.4, 0.5) is 0 Å². The lowest BCUT2D eigenvalue weighted by Crippen LogP contribution is -2.23. The van der Waals surface area contributed by atoms with Gasteiger partial charge in [0.1, 0.15) is 5.84 Å². The van der Waals surface area contributed by atoms with Crippen molar-refractivity contribution in [1.82, 2.24) is 5.48 Å². The average Bonchev–Trinajstić information content (AvgIpc) is 2.23. The molecule has 3 N–H and O–H groups in total. The molecule has 0 bridgehead atoms. The van der Waals surface area contributed by atoms with Crippen molar-refractivity contribution in [3.05, 3.63) is 23.4 Å². The van der Waals surface area contributed by atoms with E-state index < -0.39 is 0 Å². The van der Waals surface area contributed by atoms with Gasteiger partial charge in [-0.3, -0.25) is 15.3 Å². The second-order valence-electron chi connectivity index (χ2n) is 2.89. The summed E-state index contributed by atoms with van der Waals surface area (Å²) >= 11 is 0. The second kappa shape index (κ2) is 8.05. The largest absolute Gasteiger partial charge is 0.383 e. The minimum Gasteiger partial charge on any atom is -0.383 e. The average molecular weight is 211 g/mol. The monoisotopic (exact) mass is 211 g/mol. The standard InChI is InChI=1S/C11H21N3O/c1-5-8-9(11(12)13-7-3)10(6-2)14-15-4/h6,8,14H,5,7H2,1-4H3,(H2,12,13)/b9-8+,10-6+. The normalized spacial score (nSPS) is 14.3. The number of allylic oxidation sites excluding steroid dienone is 2. The molecule has 0 atom stereocenters. The molecule has 0 fully saturated rings. The number of rotatable bonds is 6. The fourth-order valence-electron chi connectivity index (χ4n) is 1.19. The Kier molecular flexibility index (Phi) is 7.36. The van der Waals surface area contributed by atoms with Crippen molar-refractivity contribution in [3.63, 3.8) is 0 Å². The third kappa shape index (κ3) is 4.65. The highest BCUT2D eigenvalue weighted by Gasteiger charge is 2.07. The molecule has 0 rings (SSSR count). The van der Waals surface area contributed by atoms with E-state index in [4.69, 9.17) is 10.6 Å². The molecule has 4 heteroatoms. The minimum absolute atomic E-state index is 0.539. The number of amidine groups is 1. The maximum atomic E-state index is 5.87. The van der Waals surface area contributed by atoms with Gasteiger partial charge in [-0.1, -0.05) is 19.1 Å². The third-order valence-corrected chi connectivity index (χ3v) is 1.80. The Labute approximate surface area is 91.9 Å². The maximum absolute atomic E-state index is 5.87. The molecule has 0 saturated heterocycles. The molecule has 0 saturated carbocycles. The van der Waals surface area contributed by atoms with E-state index in [1.807, 2.05) is 26.0 Å². The molecular weight excluding hydrogens is 190 g/mol. The Hall–Kier alpha value is -1.29. The van der Waals surface area contributed by atoms with Gasteiger partial charge in [-0.2, -0.15) is 0 Å². The summed E-state index contributed by atoms with van der Waals surface area (Å²) in [5.41, 5.74) is 10.4. The fourth-order valence-corrected chi connectivity index (χ4v) is 1.19. The first-order valence-corrected chi connectivity index (χ1v) is 5.17. The highest BCUT2D eigenvalue weighted by molar-refractivity contribution is 6.00. The molecule has 0 aliphatic carbocycles.